The van der Waals surface area contributed by atoms with Crippen LogP contribution < -0.4 is 11.2 Å². The van der Waals surface area contributed by atoms with Crippen LogP contribution >= 0.6 is 0 Å². The predicted molar refractivity (Wildman–Crippen MR) is 77.6 cm³/mol. The van der Waals surface area contributed by atoms with Crippen molar-refractivity contribution in [2.45, 2.75) is 19.4 Å². The van der Waals surface area contributed by atoms with E-state index in [2.05, 4.69) is 16.8 Å². The van der Waals surface area contributed by atoms with Crippen molar-refractivity contribution in [3.63, 3.8) is 0 Å². The highest BCUT2D eigenvalue weighted by molar-refractivity contribution is 6.42. The van der Waals surface area contributed by atoms with Gasteiger partial charge >= 0.3 is 11.6 Å². The first-order valence-electron chi connectivity index (χ1n) is 6.42. The summed E-state index contributed by atoms with van der Waals surface area (Å²) >= 11 is 0. The van der Waals surface area contributed by atoms with Crippen molar-refractivity contribution in [3.8, 4) is 0 Å². The third kappa shape index (κ3) is 2.52. The monoisotopic (exact) mass is 305 g/mol. The number of likely N-dealkylation sites (N-methyl/N-ethyl adjacent to an activating group) is 1. The molecule has 0 spiro atoms. The Morgan fingerprint density at radius 2 is 1.91 bits per heavy atom. The quantitative estimate of drug-likeness (QED) is 0.506. The lowest BCUT2D eigenvalue weighted by Crippen LogP contribution is -2.46. The average molecular weight is 305 g/mol. The number of nitrogens with zero attached hydrogens (tertiary/aromatic N) is 5. The molecular formula is C13H15N5O4. The van der Waals surface area contributed by atoms with Crippen LogP contribution in [-0.2, 0) is 23.2 Å². The van der Waals surface area contributed by atoms with Gasteiger partial charge in [-0.3, -0.25) is 19.0 Å². The average Bonchev–Trinajstić information content (AvgIpc) is 2.45. The number of allylic oxidation sites excluding steroid dienone is 1. The summed E-state index contributed by atoms with van der Waals surface area (Å²) in [4.78, 5) is 48.1. The van der Waals surface area contributed by atoms with Gasteiger partial charge in [0.05, 0.1) is 6.54 Å². The molecule has 1 aliphatic rings. The van der Waals surface area contributed by atoms with Gasteiger partial charge in [-0.15, -0.1) is 0 Å². The van der Waals surface area contributed by atoms with Gasteiger partial charge in [0.15, 0.2) is 0 Å². The summed E-state index contributed by atoms with van der Waals surface area (Å²) in [6.07, 6.45) is 1.17. The predicted octanol–water partition coefficient (Wildman–Crippen LogP) is -1.37. The molecule has 1 aliphatic heterocycles. The number of aromatic nitrogens is 3. The fourth-order valence-electron chi connectivity index (χ4n) is 2.03. The SMILES string of the molecule is C=C(C)Cn1c(=O)c(C2C=NN(C)C(=O)C2=O)nn(C)c1=O. The maximum absolute atomic E-state index is 12.4. The maximum atomic E-state index is 12.4. The summed E-state index contributed by atoms with van der Waals surface area (Å²) < 4.78 is 1.87. The zero-order chi connectivity index (χ0) is 16.6. The molecule has 1 amide bonds. The number of hydrogen-bond donors (Lipinski definition) is 0. The summed E-state index contributed by atoms with van der Waals surface area (Å²) in [6, 6.07) is 0. The summed E-state index contributed by atoms with van der Waals surface area (Å²) in [5.41, 5.74) is -0.969. The number of rotatable bonds is 3. The zero-order valence-electron chi connectivity index (χ0n) is 12.4. The van der Waals surface area contributed by atoms with E-state index in [0.29, 0.717) is 5.57 Å². The molecule has 116 valence electrons. The normalized spacial score (nSPS) is 18.0. The van der Waals surface area contributed by atoms with E-state index < -0.39 is 28.9 Å². The van der Waals surface area contributed by atoms with E-state index in [1.54, 1.807) is 6.92 Å². The van der Waals surface area contributed by atoms with Crippen LogP contribution in [-0.4, -0.2) is 44.3 Å². The molecule has 22 heavy (non-hydrogen) atoms. The van der Waals surface area contributed by atoms with Crippen LogP contribution in [0, 0.1) is 0 Å². The Morgan fingerprint density at radius 3 is 2.50 bits per heavy atom. The first-order chi connectivity index (χ1) is 10.2. The minimum absolute atomic E-state index is 0.00687. The van der Waals surface area contributed by atoms with E-state index in [9.17, 15) is 19.2 Å². The fraction of sp³-hybridized carbons (Fsp3) is 0.385. The second kappa shape index (κ2) is 5.51. The van der Waals surface area contributed by atoms with Crippen LogP contribution in [0.1, 0.15) is 18.5 Å². The molecule has 1 unspecified atom stereocenters. The van der Waals surface area contributed by atoms with Gasteiger partial charge in [-0.25, -0.2) is 14.5 Å². The highest BCUT2D eigenvalue weighted by atomic mass is 16.2. The van der Waals surface area contributed by atoms with Crippen molar-refractivity contribution in [1.29, 1.82) is 0 Å². The maximum Gasteiger partial charge on any atom is 0.347 e. The second-order valence-electron chi connectivity index (χ2n) is 5.08. The van der Waals surface area contributed by atoms with Crippen LogP contribution in [0.3, 0.4) is 0 Å². The second-order valence-corrected chi connectivity index (χ2v) is 5.08. The van der Waals surface area contributed by atoms with E-state index >= 15 is 0 Å². The van der Waals surface area contributed by atoms with Crippen LogP contribution in [0.25, 0.3) is 0 Å². The summed E-state index contributed by atoms with van der Waals surface area (Å²) in [7, 11) is 2.69. The number of carbonyl (C=O) groups excluding carboxylic acids is 2. The molecule has 1 aromatic rings. The smallest absolute Gasteiger partial charge is 0.287 e. The summed E-state index contributed by atoms with van der Waals surface area (Å²) in [6.45, 7) is 5.33. The molecule has 9 heteroatoms. The Hall–Kier alpha value is -2.84. The largest absolute Gasteiger partial charge is 0.347 e. The Bertz CT molecular complexity index is 817. The highest BCUT2D eigenvalue weighted by Crippen LogP contribution is 2.14. The molecule has 0 saturated carbocycles. The summed E-state index contributed by atoms with van der Waals surface area (Å²) in [5, 5.41) is 8.46. The molecule has 1 aromatic heterocycles. The number of aryl methyl sites for hydroxylation is 1. The molecule has 2 rings (SSSR count). The number of carbonyl (C=O) groups is 2. The van der Waals surface area contributed by atoms with Crippen LogP contribution in [0.2, 0.25) is 0 Å². The molecule has 0 radical (unpaired) electrons. The van der Waals surface area contributed by atoms with E-state index in [1.165, 1.54) is 20.3 Å². The van der Waals surface area contributed by atoms with Gasteiger partial charge in [0.2, 0.25) is 5.78 Å². The standard InChI is InChI=1S/C13H15N5O4/c1-7(2)6-18-11(20)9(15-17(4)13(18)22)8-5-14-16(3)12(21)10(8)19/h5,8H,1,6H2,2-4H3. The molecule has 1 atom stereocenters. The number of ketones is 1. The number of hydrazone groups is 1. The third-order valence-electron chi connectivity index (χ3n) is 3.13. The van der Waals surface area contributed by atoms with Crippen molar-refractivity contribution < 1.29 is 9.59 Å². The first-order valence-corrected chi connectivity index (χ1v) is 6.42. The van der Waals surface area contributed by atoms with Crippen molar-refractivity contribution in [1.82, 2.24) is 19.4 Å². The number of amides is 1. The van der Waals surface area contributed by atoms with Gasteiger partial charge in [0, 0.05) is 20.3 Å². The van der Waals surface area contributed by atoms with E-state index in [-0.39, 0.29) is 12.2 Å². The first kappa shape index (κ1) is 15.5. The lowest BCUT2D eigenvalue weighted by atomic mass is 10.00. The summed E-state index contributed by atoms with van der Waals surface area (Å²) in [5.74, 6) is -2.85. The van der Waals surface area contributed by atoms with E-state index in [1.807, 2.05) is 0 Å². The molecule has 9 nitrogen and oxygen atoms in total. The van der Waals surface area contributed by atoms with Gasteiger partial charge in [-0.05, 0) is 6.92 Å². The molecule has 0 aliphatic carbocycles. The molecule has 0 bridgehead atoms. The Kier molecular flexibility index (Phi) is 3.89. The van der Waals surface area contributed by atoms with Crippen LogP contribution in [0.15, 0.2) is 26.8 Å². The topological polar surface area (TPSA) is 107 Å². The molecule has 0 saturated heterocycles. The van der Waals surface area contributed by atoms with E-state index in [0.717, 1.165) is 14.3 Å². The van der Waals surface area contributed by atoms with Gasteiger partial charge in [-0.2, -0.15) is 10.2 Å². The van der Waals surface area contributed by atoms with Crippen molar-refractivity contribution >= 4 is 17.9 Å². The molecular weight excluding hydrogens is 290 g/mol. The van der Waals surface area contributed by atoms with Crippen LogP contribution in [0.5, 0.6) is 0 Å². The molecule has 0 fully saturated rings. The van der Waals surface area contributed by atoms with Crippen molar-refractivity contribution in [2.24, 2.45) is 12.1 Å². The molecule has 2 heterocycles. The Morgan fingerprint density at radius 1 is 1.27 bits per heavy atom. The highest BCUT2D eigenvalue weighted by Gasteiger charge is 2.35. The molecule has 0 aromatic carbocycles. The minimum atomic E-state index is -1.20. The number of hydrogen-bond acceptors (Lipinski definition) is 6. The van der Waals surface area contributed by atoms with Gasteiger partial charge in [0.25, 0.3) is 5.56 Å². The van der Waals surface area contributed by atoms with Crippen molar-refractivity contribution in [2.75, 3.05) is 7.05 Å². The number of Topliss-reactive ketones (excluding diaryl/α,β-unsaturated/α-hetero) is 1. The zero-order valence-corrected chi connectivity index (χ0v) is 12.4. The molecule has 0 N–H and O–H groups in total. The van der Waals surface area contributed by atoms with Gasteiger partial charge < -0.3 is 0 Å². The van der Waals surface area contributed by atoms with Gasteiger partial charge in [-0.1, -0.05) is 12.2 Å². The van der Waals surface area contributed by atoms with Crippen LogP contribution in [0.4, 0.5) is 0 Å². The minimum Gasteiger partial charge on any atom is -0.287 e. The van der Waals surface area contributed by atoms with E-state index in [4.69, 9.17) is 0 Å². The Labute approximate surface area is 125 Å². The lowest BCUT2D eigenvalue weighted by Gasteiger charge is -2.19. The fourth-order valence-corrected chi connectivity index (χ4v) is 2.03. The van der Waals surface area contributed by atoms with Crippen molar-refractivity contribution in [3.05, 3.63) is 38.7 Å². The lowest BCUT2D eigenvalue weighted by molar-refractivity contribution is -0.144. The Balaban J connectivity index is 2.65. The van der Waals surface area contributed by atoms with Gasteiger partial charge in [0.1, 0.15) is 11.6 Å². The third-order valence-corrected chi connectivity index (χ3v) is 3.13.